The van der Waals surface area contributed by atoms with Crippen LogP contribution in [0.15, 0.2) is 28.7 Å². The number of aliphatic hydroxyl groups is 1. The summed E-state index contributed by atoms with van der Waals surface area (Å²) < 4.78 is 6.69. The molecule has 1 N–H and O–H groups in total. The van der Waals surface area contributed by atoms with Crippen LogP contribution in [-0.2, 0) is 4.74 Å². The molecular weight excluding hydrogens is 244 g/mol. The van der Waals surface area contributed by atoms with E-state index >= 15 is 0 Å². The third-order valence-corrected chi connectivity index (χ3v) is 3.38. The lowest BCUT2D eigenvalue weighted by Gasteiger charge is -2.17. The number of halogens is 1. The second-order valence-corrected chi connectivity index (χ2v) is 4.40. The minimum absolute atomic E-state index is 0.0515. The maximum atomic E-state index is 9.19. The van der Waals surface area contributed by atoms with Crippen LogP contribution in [0.2, 0.25) is 0 Å². The summed E-state index contributed by atoms with van der Waals surface area (Å²) in [4.78, 5) is 0. The Bertz CT molecular complexity index is 314. The highest BCUT2D eigenvalue weighted by Crippen LogP contribution is 2.37. The Labute approximate surface area is 92.0 Å². The molecule has 1 aromatic rings. The SMILES string of the molecule is OCC1CCOC1c1ccccc1Br. The minimum atomic E-state index is 0.0515. The number of rotatable bonds is 2. The number of benzene rings is 1. The highest BCUT2D eigenvalue weighted by molar-refractivity contribution is 9.10. The van der Waals surface area contributed by atoms with Crippen molar-refractivity contribution in [3.63, 3.8) is 0 Å². The predicted molar refractivity (Wildman–Crippen MR) is 58.0 cm³/mol. The average molecular weight is 257 g/mol. The van der Waals surface area contributed by atoms with Crippen molar-refractivity contribution in [3.8, 4) is 0 Å². The van der Waals surface area contributed by atoms with Crippen LogP contribution in [0.1, 0.15) is 18.1 Å². The molecule has 2 unspecified atom stereocenters. The smallest absolute Gasteiger partial charge is 0.0886 e. The van der Waals surface area contributed by atoms with E-state index in [1.54, 1.807) is 0 Å². The molecular formula is C11H13BrO2. The molecule has 2 atom stereocenters. The van der Waals surface area contributed by atoms with E-state index in [4.69, 9.17) is 4.74 Å². The molecule has 1 heterocycles. The molecule has 2 rings (SSSR count). The summed E-state index contributed by atoms with van der Waals surface area (Å²) in [6, 6.07) is 8.03. The van der Waals surface area contributed by atoms with Gasteiger partial charge >= 0.3 is 0 Å². The molecule has 0 aliphatic carbocycles. The van der Waals surface area contributed by atoms with Gasteiger partial charge in [-0.3, -0.25) is 0 Å². The molecule has 1 aliphatic rings. The Morgan fingerprint density at radius 3 is 2.93 bits per heavy atom. The quantitative estimate of drug-likeness (QED) is 0.882. The van der Waals surface area contributed by atoms with E-state index in [-0.39, 0.29) is 18.6 Å². The van der Waals surface area contributed by atoms with Crippen molar-refractivity contribution in [2.75, 3.05) is 13.2 Å². The van der Waals surface area contributed by atoms with E-state index in [9.17, 15) is 5.11 Å². The Morgan fingerprint density at radius 2 is 2.21 bits per heavy atom. The average Bonchev–Trinajstić information content (AvgIpc) is 2.66. The highest BCUT2D eigenvalue weighted by atomic mass is 79.9. The van der Waals surface area contributed by atoms with Crippen LogP contribution >= 0.6 is 15.9 Å². The Balaban J connectivity index is 2.26. The van der Waals surface area contributed by atoms with E-state index < -0.39 is 0 Å². The van der Waals surface area contributed by atoms with E-state index in [0.717, 1.165) is 23.1 Å². The van der Waals surface area contributed by atoms with Crippen molar-refractivity contribution in [3.05, 3.63) is 34.3 Å². The van der Waals surface area contributed by atoms with Gasteiger partial charge in [-0.1, -0.05) is 34.1 Å². The van der Waals surface area contributed by atoms with Crippen LogP contribution in [0, 0.1) is 5.92 Å². The molecule has 1 fully saturated rings. The molecule has 2 nitrogen and oxygen atoms in total. The topological polar surface area (TPSA) is 29.5 Å². The summed E-state index contributed by atoms with van der Waals surface area (Å²) in [6.45, 7) is 0.948. The number of aliphatic hydroxyl groups excluding tert-OH is 1. The van der Waals surface area contributed by atoms with Gasteiger partial charge in [-0.2, -0.15) is 0 Å². The van der Waals surface area contributed by atoms with Gasteiger partial charge in [0.15, 0.2) is 0 Å². The van der Waals surface area contributed by atoms with Gasteiger partial charge in [0.05, 0.1) is 6.10 Å². The zero-order valence-corrected chi connectivity index (χ0v) is 9.40. The van der Waals surface area contributed by atoms with Crippen molar-refractivity contribution < 1.29 is 9.84 Å². The Morgan fingerprint density at radius 1 is 1.43 bits per heavy atom. The summed E-state index contributed by atoms with van der Waals surface area (Å²) in [5, 5.41) is 9.19. The fourth-order valence-corrected chi connectivity index (χ4v) is 2.38. The molecule has 0 spiro atoms. The first-order valence-electron chi connectivity index (χ1n) is 4.80. The van der Waals surface area contributed by atoms with Crippen LogP contribution < -0.4 is 0 Å². The third kappa shape index (κ3) is 1.85. The first-order chi connectivity index (χ1) is 6.83. The lowest BCUT2D eigenvalue weighted by atomic mass is 9.96. The summed E-state index contributed by atoms with van der Waals surface area (Å²) in [6.07, 6.45) is 0.998. The van der Waals surface area contributed by atoms with Gasteiger partial charge in [0.2, 0.25) is 0 Å². The van der Waals surface area contributed by atoms with Crippen LogP contribution in [0.3, 0.4) is 0 Å². The summed E-state index contributed by atoms with van der Waals surface area (Å²) in [7, 11) is 0. The van der Waals surface area contributed by atoms with Gasteiger partial charge in [-0.05, 0) is 18.1 Å². The van der Waals surface area contributed by atoms with Crippen molar-refractivity contribution in [2.45, 2.75) is 12.5 Å². The van der Waals surface area contributed by atoms with Crippen LogP contribution in [-0.4, -0.2) is 18.3 Å². The summed E-state index contributed by atoms with van der Waals surface area (Å²) in [5.74, 6) is 0.244. The normalized spacial score (nSPS) is 26.7. The number of ether oxygens (including phenoxy) is 1. The van der Waals surface area contributed by atoms with Gasteiger partial charge < -0.3 is 9.84 Å². The van der Waals surface area contributed by atoms with Crippen molar-refractivity contribution in [1.82, 2.24) is 0 Å². The minimum Gasteiger partial charge on any atom is -0.396 e. The van der Waals surface area contributed by atoms with Crippen LogP contribution in [0.25, 0.3) is 0 Å². The first kappa shape index (κ1) is 10.1. The Hall–Kier alpha value is -0.380. The highest BCUT2D eigenvalue weighted by Gasteiger charge is 2.29. The monoisotopic (exact) mass is 256 g/mol. The molecule has 0 amide bonds. The van der Waals surface area contributed by atoms with Gasteiger partial charge in [0.1, 0.15) is 0 Å². The molecule has 1 saturated heterocycles. The van der Waals surface area contributed by atoms with E-state index in [1.165, 1.54) is 0 Å². The van der Waals surface area contributed by atoms with E-state index in [1.807, 2.05) is 24.3 Å². The zero-order chi connectivity index (χ0) is 9.97. The second-order valence-electron chi connectivity index (χ2n) is 3.54. The van der Waals surface area contributed by atoms with Crippen molar-refractivity contribution >= 4 is 15.9 Å². The van der Waals surface area contributed by atoms with E-state index in [0.29, 0.717) is 0 Å². The number of hydrogen-bond donors (Lipinski definition) is 1. The zero-order valence-electron chi connectivity index (χ0n) is 7.82. The first-order valence-corrected chi connectivity index (χ1v) is 5.59. The second kappa shape index (κ2) is 4.43. The molecule has 76 valence electrons. The predicted octanol–water partition coefficient (Wildman–Crippen LogP) is 2.52. The maximum Gasteiger partial charge on any atom is 0.0886 e. The molecule has 0 bridgehead atoms. The standard InChI is InChI=1S/C11H13BrO2/c12-10-4-2-1-3-9(10)11-8(7-13)5-6-14-11/h1-4,8,11,13H,5-7H2. The maximum absolute atomic E-state index is 9.19. The van der Waals surface area contributed by atoms with Crippen molar-refractivity contribution in [1.29, 1.82) is 0 Å². The largest absolute Gasteiger partial charge is 0.396 e. The van der Waals surface area contributed by atoms with Crippen LogP contribution in [0.5, 0.6) is 0 Å². The van der Waals surface area contributed by atoms with Gasteiger partial charge in [0.25, 0.3) is 0 Å². The molecule has 0 radical (unpaired) electrons. The fourth-order valence-electron chi connectivity index (χ4n) is 1.87. The number of hydrogen-bond acceptors (Lipinski definition) is 2. The third-order valence-electron chi connectivity index (χ3n) is 2.66. The molecule has 3 heteroatoms. The molecule has 0 aromatic heterocycles. The fraction of sp³-hybridized carbons (Fsp3) is 0.455. The van der Waals surface area contributed by atoms with Crippen molar-refractivity contribution in [2.24, 2.45) is 5.92 Å². The Kier molecular flexibility index (Phi) is 3.21. The molecule has 0 saturated carbocycles. The van der Waals surface area contributed by atoms with Crippen LogP contribution in [0.4, 0.5) is 0 Å². The lowest BCUT2D eigenvalue weighted by molar-refractivity contribution is 0.0715. The summed E-state index contributed by atoms with van der Waals surface area (Å²) in [5.41, 5.74) is 1.14. The van der Waals surface area contributed by atoms with Gasteiger partial charge in [-0.15, -0.1) is 0 Å². The molecule has 1 aliphatic heterocycles. The molecule has 14 heavy (non-hydrogen) atoms. The summed E-state index contributed by atoms with van der Waals surface area (Å²) >= 11 is 3.50. The van der Waals surface area contributed by atoms with E-state index in [2.05, 4.69) is 15.9 Å². The lowest BCUT2D eigenvalue weighted by Crippen LogP contribution is -2.11. The molecule has 1 aromatic carbocycles. The van der Waals surface area contributed by atoms with Gasteiger partial charge in [0, 0.05) is 23.6 Å². The van der Waals surface area contributed by atoms with Gasteiger partial charge in [-0.25, -0.2) is 0 Å².